The first kappa shape index (κ1) is 17.9. The van der Waals surface area contributed by atoms with Crippen LogP contribution < -0.4 is 0 Å². The van der Waals surface area contributed by atoms with Gasteiger partial charge in [-0.15, -0.1) is 0 Å². The lowest BCUT2D eigenvalue weighted by molar-refractivity contribution is -0.154. The van der Waals surface area contributed by atoms with Crippen LogP contribution in [0.15, 0.2) is 0 Å². The summed E-state index contributed by atoms with van der Waals surface area (Å²) in [6, 6.07) is -0.120. The molecule has 1 heterocycles. The second-order valence-electron chi connectivity index (χ2n) is 5.58. The normalized spacial score (nSPS) is 21.6. The highest BCUT2D eigenvalue weighted by atomic mass is 16.5. The van der Waals surface area contributed by atoms with Gasteiger partial charge in [-0.05, 0) is 39.5 Å². The van der Waals surface area contributed by atoms with E-state index in [4.69, 9.17) is 14.6 Å². The monoisotopic (exact) mass is 301 g/mol. The number of aliphatic carboxylic acids is 1. The Labute approximate surface area is 126 Å². The lowest BCUT2D eigenvalue weighted by Gasteiger charge is -2.30. The number of nitrogens with zero attached hydrogens (tertiary/aromatic N) is 1. The summed E-state index contributed by atoms with van der Waals surface area (Å²) in [6.45, 7) is 6.28. The first-order valence-electron chi connectivity index (χ1n) is 7.71. The van der Waals surface area contributed by atoms with E-state index in [1.54, 1.807) is 6.92 Å². The fraction of sp³-hybridized carbons (Fsp3) is 0.867. The summed E-state index contributed by atoms with van der Waals surface area (Å²) in [6.07, 6.45) is 3.25. The molecule has 6 heteroatoms. The molecule has 1 N–H and O–H groups in total. The highest BCUT2D eigenvalue weighted by molar-refractivity contribution is 5.84. The minimum Gasteiger partial charge on any atom is -0.480 e. The summed E-state index contributed by atoms with van der Waals surface area (Å²) in [5, 5.41) is 8.94. The Bertz CT molecular complexity index is 341. The van der Waals surface area contributed by atoms with Crippen molar-refractivity contribution >= 4 is 11.9 Å². The van der Waals surface area contributed by atoms with Crippen LogP contribution in [-0.2, 0) is 19.1 Å². The minimum absolute atomic E-state index is 0.0468. The highest BCUT2D eigenvalue weighted by Gasteiger charge is 2.27. The lowest BCUT2D eigenvalue weighted by atomic mass is 10.1. The summed E-state index contributed by atoms with van der Waals surface area (Å²) in [5.74, 6) is -1.28. The molecule has 122 valence electrons. The number of carboxylic acids is 1. The van der Waals surface area contributed by atoms with Gasteiger partial charge in [0.05, 0.1) is 12.7 Å². The Morgan fingerprint density at radius 2 is 2.10 bits per heavy atom. The zero-order valence-corrected chi connectivity index (χ0v) is 13.2. The molecule has 0 aliphatic carbocycles. The van der Waals surface area contributed by atoms with Crippen molar-refractivity contribution in [2.45, 2.75) is 64.7 Å². The molecular weight excluding hydrogens is 274 g/mol. The van der Waals surface area contributed by atoms with Gasteiger partial charge in [-0.3, -0.25) is 9.59 Å². The predicted octanol–water partition coefficient (Wildman–Crippen LogP) is 1.67. The zero-order valence-electron chi connectivity index (χ0n) is 13.2. The number of amides is 1. The molecule has 1 amide bonds. The number of carbonyl (C=O) groups is 2. The van der Waals surface area contributed by atoms with Gasteiger partial charge in [-0.2, -0.15) is 0 Å². The number of hydrogen-bond acceptors (Lipinski definition) is 4. The summed E-state index contributed by atoms with van der Waals surface area (Å²) in [7, 11) is 0. The third-order valence-electron chi connectivity index (χ3n) is 3.87. The van der Waals surface area contributed by atoms with E-state index in [-0.39, 0.29) is 24.6 Å². The molecule has 21 heavy (non-hydrogen) atoms. The van der Waals surface area contributed by atoms with Gasteiger partial charge in [0.2, 0.25) is 0 Å². The van der Waals surface area contributed by atoms with Gasteiger partial charge in [-0.25, -0.2) is 0 Å². The Hall–Kier alpha value is -1.14. The molecule has 3 atom stereocenters. The first-order valence-corrected chi connectivity index (χ1v) is 7.71. The lowest BCUT2D eigenvalue weighted by Crippen LogP contribution is -2.47. The van der Waals surface area contributed by atoms with Gasteiger partial charge in [-0.1, -0.05) is 6.92 Å². The molecule has 1 fully saturated rings. The molecular formula is C15H27NO5. The van der Waals surface area contributed by atoms with Crippen LogP contribution in [0.2, 0.25) is 0 Å². The van der Waals surface area contributed by atoms with Crippen LogP contribution >= 0.6 is 0 Å². The molecule has 0 spiro atoms. The first-order chi connectivity index (χ1) is 9.95. The maximum absolute atomic E-state index is 12.3. The van der Waals surface area contributed by atoms with Gasteiger partial charge in [0.25, 0.3) is 5.91 Å². The average molecular weight is 301 g/mol. The number of carboxylic acid groups (broad SMARTS) is 1. The van der Waals surface area contributed by atoms with Gasteiger partial charge in [0.15, 0.2) is 0 Å². The second kappa shape index (κ2) is 9.00. The summed E-state index contributed by atoms with van der Waals surface area (Å²) >= 11 is 0. The average Bonchev–Trinajstić information content (AvgIpc) is 2.49. The molecule has 1 aliphatic rings. The quantitative estimate of drug-likeness (QED) is 0.738. The van der Waals surface area contributed by atoms with E-state index in [1.807, 2.05) is 13.8 Å². The van der Waals surface area contributed by atoms with Gasteiger partial charge < -0.3 is 19.5 Å². The Kier molecular flexibility index (Phi) is 7.67. The Morgan fingerprint density at radius 1 is 1.38 bits per heavy atom. The van der Waals surface area contributed by atoms with E-state index in [9.17, 15) is 9.59 Å². The molecule has 1 aliphatic heterocycles. The van der Waals surface area contributed by atoms with Crippen molar-refractivity contribution in [1.29, 1.82) is 0 Å². The summed E-state index contributed by atoms with van der Waals surface area (Å²) in [5.41, 5.74) is 0. The maximum Gasteiger partial charge on any atom is 0.323 e. The molecule has 0 aromatic carbocycles. The molecule has 6 nitrogen and oxygen atoms in total. The van der Waals surface area contributed by atoms with Crippen molar-refractivity contribution < 1.29 is 24.2 Å². The molecule has 0 aromatic heterocycles. The summed E-state index contributed by atoms with van der Waals surface area (Å²) in [4.78, 5) is 24.6. The molecule has 1 rings (SSSR count). The Balaban J connectivity index is 2.49. The van der Waals surface area contributed by atoms with Gasteiger partial charge in [0.1, 0.15) is 12.6 Å². The largest absolute Gasteiger partial charge is 0.480 e. The van der Waals surface area contributed by atoms with Crippen molar-refractivity contribution in [3.8, 4) is 0 Å². The molecule has 3 unspecified atom stereocenters. The molecule has 1 saturated heterocycles. The maximum atomic E-state index is 12.3. The van der Waals surface area contributed by atoms with E-state index in [1.165, 1.54) is 4.90 Å². The minimum atomic E-state index is -1.01. The van der Waals surface area contributed by atoms with Crippen molar-refractivity contribution in [1.82, 2.24) is 4.90 Å². The topological polar surface area (TPSA) is 76.1 Å². The van der Waals surface area contributed by atoms with E-state index in [0.717, 1.165) is 25.9 Å². The zero-order chi connectivity index (χ0) is 15.8. The van der Waals surface area contributed by atoms with Gasteiger partial charge >= 0.3 is 5.97 Å². The van der Waals surface area contributed by atoms with Crippen LogP contribution in [-0.4, -0.2) is 59.9 Å². The fourth-order valence-corrected chi connectivity index (χ4v) is 2.31. The van der Waals surface area contributed by atoms with E-state index in [2.05, 4.69) is 0 Å². The van der Waals surface area contributed by atoms with Crippen molar-refractivity contribution in [2.75, 3.05) is 19.8 Å². The SMILES string of the molecule is CCC(C)N(CC(=O)O)C(=O)C(C)OCC1CCCCO1. The number of rotatable bonds is 8. The smallest absolute Gasteiger partial charge is 0.323 e. The van der Waals surface area contributed by atoms with Crippen LogP contribution in [0, 0.1) is 0 Å². The van der Waals surface area contributed by atoms with Crippen LogP contribution in [0.1, 0.15) is 46.5 Å². The third-order valence-corrected chi connectivity index (χ3v) is 3.87. The van der Waals surface area contributed by atoms with Crippen molar-refractivity contribution in [2.24, 2.45) is 0 Å². The highest BCUT2D eigenvalue weighted by Crippen LogP contribution is 2.14. The molecule has 0 radical (unpaired) electrons. The molecule has 0 bridgehead atoms. The number of carbonyl (C=O) groups excluding carboxylic acids is 1. The van der Waals surface area contributed by atoms with Crippen LogP contribution in [0.3, 0.4) is 0 Å². The molecule has 0 aromatic rings. The fourth-order valence-electron chi connectivity index (χ4n) is 2.31. The Morgan fingerprint density at radius 3 is 2.62 bits per heavy atom. The summed E-state index contributed by atoms with van der Waals surface area (Å²) < 4.78 is 11.1. The van der Waals surface area contributed by atoms with Crippen LogP contribution in [0.5, 0.6) is 0 Å². The van der Waals surface area contributed by atoms with Crippen LogP contribution in [0.25, 0.3) is 0 Å². The van der Waals surface area contributed by atoms with Crippen molar-refractivity contribution in [3.05, 3.63) is 0 Å². The number of ether oxygens (including phenoxy) is 2. The predicted molar refractivity (Wildman–Crippen MR) is 78.1 cm³/mol. The van der Waals surface area contributed by atoms with Gasteiger partial charge in [0, 0.05) is 12.6 Å². The van der Waals surface area contributed by atoms with E-state index < -0.39 is 12.1 Å². The third kappa shape index (κ3) is 6.01. The van der Waals surface area contributed by atoms with E-state index >= 15 is 0 Å². The number of hydrogen-bond donors (Lipinski definition) is 1. The van der Waals surface area contributed by atoms with Crippen LogP contribution in [0.4, 0.5) is 0 Å². The van der Waals surface area contributed by atoms with E-state index in [0.29, 0.717) is 13.0 Å². The standard InChI is InChI=1S/C15H27NO5/c1-4-11(2)16(9-14(17)18)15(19)12(3)21-10-13-7-5-6-8-20-13/h11-13H,4-10H2,1-3H3,(H,17,18). The second-order valence-corrected chi connectivity index (χ2v) is 5.58. The van der Waals surface area contributed by atoms with Crippen molar-refractivity contribution in [3.63, 3.8) is 0 Å². The molecule has 0 saturated carbocycles.